The smallest absolute Gasteiger partial charge is 0.337 e. The van der Waals surface area contributed by atoms with Gasteiger partial charge in [0, 0.05) is 7.05 Å². The van der Waals surface area contributed by atoms with Crippen molar-refractivity contribution in [2.45, 2.75) is 12.5 Å². The molecule has 1 heterocycles. The molecule has 0 spiro atoms. The topological polar surface area (TPSA) is 85.3 Å². The first-order valence-electron chi connectivity index (χ1n) is 7.88. The van der Waals surface area contributed by atoms with E-state index in [2.05, 4.69) is 9.89 Å². The van der Waals surface area contributed by atoms with Crippen LogP contribution in [-0.2, 0) is 19.6 Å². The third-order valence-corrected chi connectivity index (χ3v) is 5.89. The molecular weight excluding hydrogens is 356 g/mol. The zero-order chi connectivity index (χ0) is 18.7. The van der Waals surface area contributed by atoms with E-state index in [0.717, 1.165) is 5.56 Å². The summed E-state index contributed by atoms with van der Waals surface area (Å²) in [5.41, 5.74) is 1.68. The van der Waals surface area contributed by atoms with Gasteiger partial charge in [0.25, 0.3) is 10.0 Å². The minimum atomic E-state index is -3.77. The van der Waals surface area contributed by atoms with Crippen LogP contribution in [-0.4, -0.2) is 33.6 Å². The van der Waals surface area contributed by atoms with Gasteiger partial charge in [-0.2, -0.15) is 8.42 Å². The van der Waals surface area contributed by atoms with Crippen LogP contribution < -0.4 is 4.31 Å². The van der Waals surface area contributed by atoms with Gasteiger partial charge in [0.2, 0.25) is 0 Å². The summed E-state index contributed by atoms with van der Waals surface area (Å²) in [6.07, 6.45) is -0.396. The van der Waals surface area contributed by atoms with Crippen molar-refractivity contribution in [2.75, 3.05) is 18.5 Å². The zero-order valence-electron chi connectivity index (χ0n) is 14.3. The van der Waals surface area contributed by atoms with Crippen LogP contribution in [0.4, 0.5) is 5.69 Å². The molecule has 0 bridgehead atoms. The number of nitrogens with zero attached hydrogens (tertiary/aromatic N) is 2. The van der Waals surface area contributed by atoms with E-state index in [1.54, 1.807) is 48.5 Å². The predicted molar refractivity (Wildman–Crippen MR) is 97.4 cm³/mol. The van der Waals surface area contributed by atoms with Crippen molar-refractivity contribution >= 4 is 26.7 Å². The number of ether oxygens (including phenoxy) is 1. The number of sulfonamides is 1. The van der Waals surface area contributed by atoms with Gasteiger partial charge in [-0.05, 0) is 29.8 Å². The Hall–Kier alpha value is -2.87. The maximum Gasteiger partial charge on any atom is 0.337 e. The van der Waals surface area contributed by atoms with Crippen LogP contribution in [0.1, 0.15) is 28.4 Å². The second kappa shape index (κ2) is 7.17. The van der Waals surface area contributed by atoms with Gasteiger partial charge in [0.1, 0.15) is 0 Å². The number of para-hydroxylation sites is 1. The minimum absolute atomic E-state index is 0.0362. The standard InChI is InChI=1S/C18H18N2O5S/c1-20(15-6-4-3-5-7-15)26(22,23)17-12-16(25-19-17)13-8-10-14(11-9-13)18(21)24-2/h3-11,16H,12H2,1-2H3. The molecule has 7 nitrogen and oxygen atoms in total. The van der Waals surface area contributed by atoms with Crippen LogP contribution in [0.25, 0.3) is 0 Å². The fourth-order valence-electron chi connectivity index (χ4n) is 2.57. The first kappa shape index (κ1) is 17.9. The molecule has 1 aliphatic rings. The molecule has 1 atom stereocenters. The van der Waals surface area contributed by atoms with Crippen LogP contribution >= 0.6 is 0 Å². The number of hydrogen-bond donors (Lipinski definition) is 0. The highest BCUT2D eigenvalue weighted by atomic mass is 32.2. The van der Waals surface area contributed by atoms with Gasteiger partial charge in [-0.15, -0.1) is 0 Å². The van der Waals surface area contributed by atoms with Crippen LogP contribution in [0, 0.1) is 0 Å². The highest BCUT2D eigenvalue weighted by Gasteiger charge is 2.34. The third kappa shape index (κ3) is 3.41. The van der Waals surface area contributed by atoms with Gasteiger partial charge in [-0.3, -0.25) is 4.31 Å². The lowest BCUT2D eigenvalue weighted by atomic mass is 10.1. The highest BCUT2D eigenvalue weighted by Crippen LogP contribution is 2.31. The minimum Gasteiger partial charge on any atom is -0.465 e. The van der Waals surface area contributed by atoms with Crippen LogP contribution in [0.2, 0.25) is 0 Å². The second-order valence-corrected chi connectivity index (χ2v) is 7.67. The van der Waals surface area contributed by atoms with Gasteiger partial charge < -0.3 is 9.57 Å². The molecule has 2 aromatic rings. The largest absolute Gasteiger partial charge is 0.465 e. The molecule has 1 aliphatic heterocycles. The Morgan fingerprint density at radius 2 is 1.81 bits per heavy atom. The molecule has 3 rings (SSSR count). The molecule has 0 fully saturated rings. The molecule has 0 aromatic heterocycles. The van der Waals surface area contributed by atoms with E-state index in [9.17, 15) is 13.2 Å². The second-order valence-electron chi connectivity index (χ2n) is 5.70. The fourth-order valence-corrected chi connectivity index (χ4v) is 3.79. The molecular formula is C18H18N2O5S. The Morgan fingerprint density at radius 1 is 1.15 bits per heavy atom. The molecule has 26 heavy (non-hydrogen) atoms. The van der Waals surface area contributed by atoms with Gasteiger partial charge in [0.05, 0.1) is 24.8 Å². The number of benzene rings is 2. The molecule has 2 aromatic carbocycles. The van der Waals surface area contributed by atoms with Crippen molar-refractivity contribution in [3.8, 4) is 0 Å². The van der Waals surface area contributed by atoms with Crippen LogP contribution in [0.15, 0.2) is 59.8 Å². The van der Waals surface area contributed by atoms with E-state index in [4.69, 9.17) is 4.84 Å². The van der Waals surface area contributed by atoms with E-state index in [1.165, 1.54) is 18.5 Å². The van der Waals surface area contributed by atoms with E-state index in [1.807, 2.05) is 6.07 Å². The van der Waals surface area contributed by atoms with E-state index < -0.39 is 22.1 Å². The molecule has 0 saturated carbocycles. The summed E-state index contributed by atoms with van der Waals surface area (Å²) in [5, 5.41) is 3.74. The summed E-state index contributed by atoms with van der Waals surface area (Å²) in [6, 6.07) is 15.4. The molecule has 1 unspecified atom stereocenters. The number of esters is 1. The molecule has 0 saturated heterocycles. The van der Waals surface area contributed by atoms with Gasteiger partial charge >= 0.3 is 5.97 Å². The van der Waals surface area contributed by atoms with Gasteiger partial charge in [-0.25, -0.2) is 4.79 Å². The maximum absolute atomic E-state index is 12.7. The lowest BCUT2D eigenvalue weighted by Crippen LogP contribution is -2.32. The molecule has 0 amide bonds. The molecule has 0 radical (unpaired) electrons. The summed E-state index contributed by atoms with van der Waals surface area (Å²) >= 11 is 0. The zero-order valence-corrected chi connectivity index (χ0v) is 15.1. The van der Waals surface area contributed by atoms with Crippen molar-refractivity contribution in [1.29, 1.82) is 0 Å². The average molecular weight is 374 g/mol. The lowest BCUT2D eigenvalue weighted by Gasteiger charge is -2.18. The van der Waals surface area contributed by atoms with E-state index in [0.29, 0.717) is 11.3 Å². The Bertz CT molecular complexity index is 924. The van der Waals surface area contributed by atoms with E-state index >= 15 is 0 Å². The number of carbonyl (C=O) groups is 1. The summed E-state index contributed by atoms with van der Waals surface area (Å²) in [5.74, 6) is -0.437. The Balaban J connectivity index is 1.74. The van der Waals surface area contributed by atoms with Crippen molar-refractivity contribution in [1.82, 2.24) is 0 Å². The summed E-state index contributed by atoms with van der Waals surface area (Å²) in [7, 11) is -0.986. The van der Waals surface area contributed by atoms with Gasteiger partial charge in [0.15, 0.2) is 11.1 Å². The highest BCUT2D eigenvalue weighted by molar-refractivity contribution is 8.07. The lowest BCUT2D eigenvalue weighted by molar-refractivity contribution is 0.0600. The summed E-state index contributed by atoms with van der Waals surface area (Å²) < 4.78 is 31.3. The predicted octanol–water partition coefficient (Wildman–Crippen LogP) is 2.71. The van der Waals surface area contributed by atoms with Crippen molar-refractivity contribution < 1.29 is 22.8 Å². The Labute approximate surface area is 151 Å². The molecule has 0 aliphatic carbocycles. The number of rotatable bonds is 4. The van der Waals surface area contributed by atoms with Crippen LogP contribution in [0.3, 0.4) is 0 Å². The van der Waals surface area contributed by atoms with Crippen molar-refractivity contribution in [3.63, 3.8) is 0 Å². The normalized spacial score (nSPS) is 16.5. The molecule has 0 N–H and O–H groups in total. The molecule has 136 valence electrons. The number of anilines is 1. The molecule has 8 heteroatoms. The first-order valence-corrected chi connectivity index (χ1v) is 9.32. The monoisotopic (exact) mass is 374 g/mol. The maximum atomic E-state index is 12.7. The van der Waals surface area contributed by atoms with Crippen molar-refractivity contribution in [2.24, 2.45) is 5.16 Å². The van der Waals surface area contributed by atoms with Crippen LogP contribution in [0.5, 0.6) is 0 Å². The quantitative estimate of drug-likeness (QED) is 0.768. The summed E-state index contributed by atoms with van der Waals surface area (Å²) in [6.45, 7) is 0. The van der Waals surface area contributed by atoms with E-state index in [-0.39, 0.29) is 11.5 Å². The SMILES string of the molecule is COC(=O)c1ccc(C2CC(S(=O)(=O)N(C)c3ccccc3)=NO2)cc1. The first-order chi connectivity index (χ1) is 12.4. The Kier molecular flexibility index (Phi) is 4.94. The number of carbonyl (C=O) groups excluding carboxylic acids is 1. The number of hydrogen-bond acceptors (Lipinski definition) is 6. The number of oxime groups is 1. The Morgan fingerprint density at radius 3 is 2.42 bits per heavy atom. The average Bonchev–Trinajstić information content (AvgIpc) is 3.18. The fraction of sp³-hybridized carbons (Fsp3) is 0.222. The summed E-state index contributed by atoms with van der Waals surface area (Å²) in [4.78, 5) is 16.8. The number of methoxy groups -OCH3 is 1. The van der Waals surface area contributed by atoms with Gasteiger partial charge in [-0.1, -0.05) is 35.5 Å². The third-order valence-electron chi connectivity index (χ3n) is 4.12. The van der Waals surface area contributed by atoms with Crippen molar-refractivity contribution in [3.05, 3.63) is 65.7 Å².